The number of halogens is 1. The van der Waals surface area contributed by atoms with Gasteiger partial charge in [0.2, 0.25) is 11.9 Å². The second-order valence-electron chi connectivity index (χ2n) is 3.35. The van der Waals surface area contributed by atoms with Gasteiger partial charge in [0.1, 0.15) is 5.15 Å². The van der Waals surface area contributed by atoms with Crippen molar-refractivity contribution in [2.45, 2.75) is 25.7 Å². The van der Waals surface area contributed by atoms with Crippen LogP contribution in [0.5, 0.6) is 0 Å². The van der Waals surface area contributed by atoms with E-state index in [0.29, 0.717) is 18.1 Å². The molecule has 5 nitrogen and oxygen atoms in total. The Kier molecular flexibility index (Phi) is 5.74. The maximum Gasteiger partial charge on any atom is 0.230 e. The molecule has 1 aromatic heterocycles. The Morgan fingerprint density at radius 2 is 2.25 bits per heavy atom. The third-order valence-electron chi connectivity index (χ3n) is 1.98. The number of hydrogen-bond acceptors (Lipinski definition) is 4. The molecule has 0 saturated heterocycles. The first-order chi connectivity index (χ1) is 7.72. The minimum Gasteiger partial charge on any atom is -0.330 e. The molecule has 1 aromatic rings. The van der Waals surface area contributed by atoms with Crippen molar-refractivity contribution in [3.63, 3.8) is 0 Å². The van der Waals surface area contributed by atoms with Gasteiger partial charge in [-0.3, -0.25) is 10.1 Å². The van der Waals surface area contributed by atoms with Crippen LogP contribution in [0.15, 0.2) is 12.3 Å². The van der Waals surface area contributed by atoms with E-state index in [1.165, 1.54) is 6.20 Å². The van der Waals surface area contributed by atoms with Gasteiger partial charge in [-0.15, -0.1) is 0 Å². The van der Waals surface area contributed by atoms with Gasteiger partial charge >= 0.3 is 0 Å². The third-order valence-corrected chi connectivity index (χ3v) is 2.19. The molecule has 0 aliphatic rings. The predicted octanol–water partition coefficient (Wildman–Crippen LogP) is 1.59. The van der Waals surface area contributed by atoms with Crippen molar-refractivity contribution in [1.82, 2.24) is 9.97 Å². The highest BCUT2D eigenvalue weighted by Gasteiger charge is 2.04. The number of carbonyl (C=O) groups excluding carboxylic acids is 1. The molecule has 0 fully saturated rings. The first kappa shape index (κ1) is 12.9. The van der Waals surface area contributed by atoms with Crippen molar-refractivity contribution < 1.29 is 4.79 Å². The second-order valence-corrected chi connectivity index (χ2v) is 3.74. The normalized spacial score (nSPS) is 10.1. The zero-order valence-electron chi connectivity index (χ0n) is 8.95. The van der Waals surface area contributed by atoms with E-state index in [4.69, 9.17) is 17.3 Å². The van der Waals surface area contributed by atoms with Crippen LogP contribution in [0.3, 0.4) is 0 Å². The molecule has 6 heteroatoms. The molecule has 0 unspecified atom stereocenters. The van der Waals surface area contributed by atoms with Crippen LogP contribution in [-0.2, 0) is 4.79 Å². The summed E-state index contributed by atoms with van der Waals surface area (Å²) in [6.45, 7) is 0.666. The van der Waals surface area contributed by atoms with E-state index in [2.05, 4.69) is 15.3 Å². The summed E-state index contributed by atoms with van der Waals surface area (Å²) in [6, 6.07) is 1.55. The van der Waals surface area contributed by atoms with E-state index in [-0.39, 0.29) is 11.9 Å². The Morgan fingerprint density at radius 3 is 2.94 bits per heavy atom. The lowest BCUT2D eigenvalue weighted by Gasteiger charge is -2.03. The second kappa shape index (κ2) is 7.14. The van der Waals surface area contributed by atoms with Crippen LogP contribution in [-0.4, -0.2) is 22.4 Å². The standard InChI is InChI=1S/C10H15ClN4O/c11-8-5-7-13-10(14-8)15-9(16)4-2-1-3-6-12/h5,7H,1-4,6,12H2,(H,13,14,15,16). The van der Waals surface area contributed by atoms with Gasteiger partial charge in [-0.25, -0.2) is 9.97 Å². The van der Waals surface area contributed by atoms with Crippen molar-refractivity contribution in [1.29, 1.82) is 0 Å². The summed E-state index contributed by atoms with van der Waals surface area (Å²) in [5, 5.41) is 2.90. The fourth-order valence-electron chi connectivity index (χ4n) is 1.19. The average molecular weight is 243 g/mol. The summed E-state index contributed by atoms with van der Waals surface area (Å²) in [6.07, 6.45) is 4.68. The molecule has 1 amide bonds. The Labute approximate surface area is 99.4 Å². The number of carbonyl (C=O) groups is 1. The van der Waals surface area contributed by atoms with Crippen LogP contribution >= 0.6 is 11.6 Å². The molecule has 88 valence electrons. The maximum absolute atomic E-state index is 11.4. The van der Waals surface area contributed by atoms with Crippen molar-refractivity contribution in [3.05, 3.63) is 17.4 Å². The summed E-state index contributed by atoms with van der Waals surface area (Å²) < 4.78 is 0. The lowest BCUT2D eigenvalue weighted by atomic mass is 10.2. The zero-order chi connectivity index (χ0) is 11.8. The minimum atomic E-state index is -0.0979. The summed E-state index contributed by atoms with van der Waals surface area (Å²) >= 11 is 5.66. The smallest absolute Gasteiger partial charge is 0.230 e. The number of anilines is 1. The fourth-order valence-corrected chi connectivity index (χ4v) is 1.33. The monoisotopic (exact) mass is 242 g/mol. The van der Waals surface area contributed by atoms with Crippen LogP contribution in [0.4, 0.5) is 5.95 Å². The van der Waals surface area contributed by atoms with E-state index in [9.17, 15) is 4.79 Å². The van der Waals surface area contributed by atoms with Gasteiger partial charge in [-0.1, -0.05) is 18.0 Å². The van der Waals surface area contributed by atoms with Crippen LogP contribution in [0.2, 0.25) is 5.15 Å². The number of nitrogens with one attached hydrogen (secondary N) is 1. The molecule has 0 aliphatic carbocycles. The predicted molar refractivity (Wildman–Crippen MR) is 63.2 cm³/mol. The van der Waals surface area contributed by atoms with Crippen molar-refractivity contribution in [3.8, 4) is 0 Å². The highest BCUT2D eigenvalue weighted by molar-refractivity contribution is 6.29. The van der Waals surface area contributed by atoms with Gasteiger partial charge in [-0.05, 0) is 25.5 Å². The highest BCUT2D eigenvalue weighted by Crippen LogP contribution is 2.07. The minimum absolute atomic E-state index is 0.0979. The Balaban J connectivity index is 2.29. The molecule has 0 aliphatic heterocycles. The lowest BCUT2D eigenvalue weighted by Crippen LogP contribution is -2.13. The fraction of sp³-hybridized carbons (Fsp3) is 0.500. The first-order valence-corrected chi connectivity index (χ1v) is 5.58. The lowest BCUT2D eigenvalue weighted by molar-refractivity contribution is -0.116. The summed E-state index contributed by atoms with van der Waals surface area (Å²) in [5.74, 6) is 0.149. The topological polar surface area (TPSA) is 80.9 Å². The number of nitrogens with two attached hydrogens (primary N) is 1. The summed E-state index contributed by atoms with van der Waals surface area (Å²) in [5.41, 5.74) is 5.35. The van der Waals surface area contributed by atoms with Crippen molar-refractivity contribution >= 4 is 23.5 Å². The maximum atomic E-state index is 11.4. The summed E-state index contributed by atoms with van der Waals surface area (Å²) in [7, 11) is 0. The molecule has 0 aromatic carbocycles. The number of rotatable bonds is 6. The van der Waals surface area contributed by atoms with Crippen LogP contribution in [0, 0.1) is 0 Å². The van der Waals surface area contributed by atoms with Gasteiger partial charge in [0.15, 0.2) is 0 Å². The van der Waals surface area contributed by atoms with E-state index < -0.39 is 0 Å². The molecule has 1 rings (SSSR count). The van der Waals surface area contributed by atoms with Gasteiger partial charge in [0.25, 0.3) is 0 Å². The van der Waals surface area contributed by atoms with Crippen molar-refractivity contribution in [2.75, 3.05) is 11.9 Å². The van der Waals surface area contributed by atoms with Gasteiger partial charge < -0.3 is 5.73 Å². The van der Waals surface area contributed by atoms with Crippen LogP contribution < -0.4 is 11.1 Å². The highest BCUT2D eigenvalue weighted by atomic mass is 35.5. The van der Waals surface area contributed by atoms with E-state index >= 15 is 0 Å². The average Bonchev–Trinajstić information content (AvgIpc) is 2.24. The van der Waals surface area contributed by atoms with Gasteiger partial charge in [-0.2, -0.15) is 0 Å². The first-order valence-electron chi connectivity index (χ1n) is 5.21. The number of hydrogen-bond donors (Lipinski definition) is 2. The van der Waals surface area contributed by atoms with Gasteiger partial charge in [0.05, 0.1) is 0 Å². The number of aromatic nitrogens is 2. The molecule has 16 heavy (non-hydrogen) atoms. The molecule has 1 heterocycles. The SMILES string of the molecule is NCCCCCC(=O)Nc1nccc(Cl)n1. The molecular weight excluding hydrogens is 228 g/mol. The largest absolute Gasteiger partial charge is 0.330 e. The number of nitrogens with zero attached hydrogens (tertiary/aromatic N) is 2. The van der Waals surface area contributed by atoms with Crippen LogP contribution in [0.1, 0.15) is 25.7 Å². The number of amides is 1. The summed E-state index contributed by atoms with van der Waals surface area (Å²) in [4.78, 5) is 19.2. The molecule has 0 bridgehead atoms. The molecule has 0 radical (unpaired) electrons. The van der Waals surface area contributed by atoms with Crippen molar-refractivity contribution in [2.24, 2.45) is 5.73 Å². The van der Waals surface area contributed by atoms with Gasteiger partial charge in [0, 0.05) is 12.6 Å². The van der Waals surface area contributed by atoms with E-state index in [0.717, 1.165) is 19.3 Å². The zero-order valence-corrected chi connectivity index (χ0v) is 9.70. The van der Waals surface area contributed by atoms with E-state index in [1.807, 2.05) is 0 Å². The Hall–Kier alpha value is -1.20. The molecular formula is C10H15ClN4O. The Bertz CT molecular complexity index is 345. The molecule has 0 saturated carbocycles. The molecule has 0 atom stereocenters. The Morgan fingerprint density at radius 1 is 1.44 bits per heavy atom. The molecule has 0 spiro atoms. The third kappa shape index (κ3) is 5.04. The molecule has 3 N–H and O–H groups in total. The van der Waals surface area contributed by atoms with E-state index in [1.54, 1.807) is 6.07 Å². The quantitative estimate of drug-likeness (QED) is 0.586. The number of unbranched alkanes of at least 4 members (excludes halogenated alkanes) is 2. The van der Waals surface area contributed by atoms with Crippen LogP contribution in [0.25, 0.3) is 0 Å².